The number of hydrogen-bond acceptors (Lipinski definition) is 2. The van der Waals surface area contributed by atoms with Gasteiger partial charge in [0.15, 0.2) is 0 Å². The first-order valence-corrected chi connectivity index (χ1v) is 1.30. The van der Waals surface area contributed by atoms with E-state index >= 15 is 0 Å². The second-order valence-electron chi connectivity index (χ2n) is 0.565. The molecule has 0 rings (SSSR count). The summed E-state index contributed by atoms with van der Waals surface area (Å²) < 4.78 is 0. The van der Waals surface area contributed by atoms with Crippen molar-refractivity contribution in [3.63, 3.8) is 0 Å². The molecule has 0 bridgehead atoms. The summed E-state index contributed by atoms with van der Waals surface area (Å²) in [5.74, 6) is 0. The molecule has 0 saturated carbocycles. The van der Waals surface area contributed by atoms with Crippen molar-refractivity contribution in [3.05, 3.63) is 0 Å². The van der Waals surface area contributed by atoms with Crippen LogP contribution in [0.5, 0.6) is 0 Å². The Hall–Kier alpha value is 2.40. The van der Waals surface area contributed by atoms with Crippen LogP contribution in [0.15, 0.2) is 0 Å². The minimum atomic E-state index is -1.83. The first-order valence-electron chi connectivity index (χ1n) is 1.30. The molecule has 0 atom stereocenters. The maximum absolute atomic E-state index is 8.56. The summed E-state index contributed by atoms with van der Waals surface area (Å²) in [6.45, 7) is 0. The van der Waals surface area contributed by atoms with Crippen molar-refractivity contribution in [3.8, 4) is 0 Å². The van der Waals surface area contributed by atoms with Crippen molar-refractivity contribution in [1.82, 2.24) is 0 Å². The minimum absolute atomic E-state index is 0. The Balaban J connectivity index is -0.0000000112. The second-order valence-corrected chi connectivity index (χ2v) is 0.565. The Labute approximate surface area is 166 Å². The molecule has 0 aromatic carbocycles. The third-order valence-corrected chi connectivity index (χ3v) is 0. The number of carbonyl (C=O) groups is 2. The summed E-state index contributed by atoms with van der Waals surface area (Å²) in [5, 5.41) is 27.9. The quantitative estimate of drug-likeness (QED) is 0.326. The van der Waals surface area contributed by atoms with Gasteiger partial charge in [0.2, 0.25) is 0 Å². The van der Waals surface area contributed by atoms with E-state index in [1.165, 1.54) is 0 Å². The maximum Gasteiger partial charge on any atom is 2.00 e. The van der Waals surface area contributed by atoms with Gasteiger partial charge in [0.25, 0.3) is 0 Å². The predicted molar refractivity (Wildman–Crippen MR) is 22.0 cm³/mol. The van der Waals surface area contributed by atoms with Crippen molar-refractivity contribution >= 4 is 12.3 Å². The van der Waals surface area contributed by atoms with E-state index in [-0.39, 0.29) is 128 Å². The summed E-state index contributed by atoms with van der Waals surface area (Å²) in [6, 6.07) is 0. The summed E-state index contributed by atoms with van der Waals surface area (Å²) in [4.78, 5) is 17.1. The number of rotatable bonds is 0. The summed E-state index contributed by atoms with van der Waals surface area (Å²) in [7, 11) is 0. The van der Waals surface area contributed by atoms with Gasteiger partial charge in [-0.05, 0) is 0 Å². The van der Waals surface area contributed by atoms with Crippen LogP contribution < -0.4 is 103 Å². The smallest absolute Gasteiger partial charge is 2.00 e. The molecule has 4 N–H and O–H groups in total. The Kier molecular flexibility index (Phi) is 89.2. The van der Waals surface area contributed by atoms with E-state index in [2.05, 4.69) is 0 Å². The first kappa shape index (κ1) is 36.6. The monoisotopic (exact) mass is 282 g/mol. The molecule has 10 heteroatoms. The van der Waals surface area contributed by atoms with E-state index in [1.807, 2.05) is 0 Å². The van der Waals surface area contributed by atoms with E-state index in [4.69, 9.17) is 30.0 Å². The topological polar surface area (TPSA) is 144 Å². The van der Waals surface area contributed by atoms with E-state index in [0.29, 0.717) is 0 Å². The third kappa shape index (κ3) is 280. The molecule has 0 radical (unpaired) electrons. The van der Waals surface area contributed by atoms with E-state index in [9.17, 15) is 0 Å². The molecule has 0 aliphatic rings. The normalized spacial score (nSPS) is 4.00. The zero-order valence-corrected chi connectivity index (χ0v) is 15.9. The van der Waals surface area contributed by atoms with Crippen LogP contribution in [-0.2, 0) is 25.0 Å². The second kappa shape index (κ2) is 29.2. The van der Waals surface area contributed by atoms with Gasteiger partial charge in [-0.1, -0.05) is 0 Å². The molecule has 0 aromatic rings. The van der Waals surface area contributed by atoms with Gasteiger partial charge < -0.3 is 25.9 Å². The van der Waals surface area contributed by atoms with Gasteiger partial charge in [0.05, 0.1) is 0 Å². The van der Waals surface area contributed by atoms with Crippen LogP contribution in [0, 0.1) is 0 Å². The van der Waals surface area contributed by atoms with Crippen LogP contribution in [0.25, 0.3) is 0 Å². The average molecular weight is 284 g/mol. The van der Waals surface area contributed by atoms with Gasteiger partial charge in [-0.15, -0.1) is 0 Å². The van der Waals surface area contributed by atoms with Crippen LogP contribution >= 0.6 is 0 Å². The standard InChI is InChI=1S/2CH2O3.2K.O.Zn/c2*2-1(3)4;;;;/h2*(H2,2,3,4);;;;/q;;2*+1;-2;+2. The van der Waals surface area contributed by atoms with Crippen LogP contribution in [-0.4, -0.2) is 32.7 Å². The molecule has 0 amide bonds. The van der Waals surface area contributed by atoms with Gasteiger partial charge in [-0.3, -0.25) is 0 Å². The largest absolute Gasteiger partial charge is 2.00 e. The minimum Gasteiger partial charge on any atom is -2.00 e. The zero-order chi connectivity index (χ0) is 7.15. The molecule has 0 spiro atoms. The molecule has 0 aromatic heterocycles. The SMILES string of the molecule is O=C(O)O.O=C(O)O.[K+].[K+].[O-2].[Zn+2]. The molecule has 0 aliphatic heterocycles. The Morgan fingerprint density at radius 3 is 0.750 bits per heavy atom. The van der Waals surface area contributed by atoms with Gasteiger partial charge >= 0.3 is 135 Å². The van der Waals surface area contributed by atoms with Crippen molar-refractivity contribution in [1.29, 1.82) is 0 Å². The van der Waals surface area contributed by atoms with Gasteiger partial charge in [0.1, 0.15) is 0 Å². The molecule has 0 saturated heterocycles. The van der Waals surface area contributed by atoms with Gasteiger partial charge in [-0.2, -0.15) is 0 Å². The predicted octanol–water partition coefficient (Wildman–Crippen LogP) is -5.67. The fourth-order valence-corrected chi connectivity index (χ4v) is 0. The molecule has 0 unspecified atom stereocenters. The van der Waals surface area contributed by atoms with E-state index < -0.39 is 12.3 Å². The summed E-state index contributed by atoms with van der Waals surface area (Å²) in [6.07, 6.45) is -3.67. The van der Waals surface area contributed by atoms with Crippen molar-refractivity contribution in [2.45, 2.75) is 0 Å². The van der Waals surface area contributed by atoms with E-state index in [1.54, 1.807) is 0 Å². The van der Waals surface area contributed by atoms with Crippen LogP contribution in [0.1, 0.15) is 0 Å². The molecule has 56 valence electrons. The fourth-order valence-electron chi connectivity index (χ4n) is 0. The molecule has 0 aliphatic carbocycles. The molecule has 0 heterocycles. The summed E-state index contributed by atoms with van der Waals surface area (Å²) >= 11 is 0. The molecular formula is C2H4K2O7Zn+2. The van der Waals surface area contributed by atoms with Crippen LogP contribution in [0.4, 0.5) is 9.59 Å². The van der Waals surface area contributed by atoms with E-state index in [0.717, 1.165) is 0 Å². The van der Waals surface area contributed by atoms with Crippen LogP contribution in [0.2, 0.25) is 0 Å². The molecule has 12 heavy (non-hydrogen) atoms. The Morgan fingerprint density at radius 1 is 0.750 bits per heavy atom. The Bertz CT molecular complexity index is 77.4. The van der Waals surface area contributed by atoms with Gasteiger partial charge in [-0.25, -0.2) is 9.59 Å². The molecule has 7 nitrogen and oxygen atoms in total. The van der Waals surface area contributed by atoms with Crippen molar-refractivity contribution < 1.29 is 158 Å². The zero-order valence-electron chi connectivity index (χ0n) is 6.72. The first-order chi connectivity index (χ1) is 3.46. The molecular weight excluding hydrogens is 280 g/mol. The van der Waals surface area contributed by atoms with Crippen molar-refractivity contribution in [2.75, 3.05) is 0 Å². The van der Waals surface area contributed by atoms with Crippen molar-refractivity contribution in [2.24, 2.45) is 0 Å². The maximum atomic E-state index is 8.56. The van der Waals surface area contributed by atoms with Gasteiger partial charge in [0, 0.05) is 0 Å². The van der Waals surface area contributed by atoms with Crippen LogP contribution in [0.3, 0.4) is 0 Å². The summed E-state index contributed by atoms with van der Waals surface area (Å²) in [5.41, 5.74) is 0. The third-order valence-electron chi connectivity index (χ3n) is 0. The number of hydrogen-bond donors (Lipinski definition) is 4. The number of carboxylic acid groups (broad SMARTS) is 4. The molecule has 0 fully saturated rings. The average Bonchev–Trinajstić information content (AvgIpc) is 1.25. The Morgan fingerprint density at radius 2 is 0.750 bits per heavy atom. The fraction of sp³-hybridized carbons (Fsp3) is 0.